The van der Waals surface area contributed by atoms with E-state index in [-0.39, 0.29) is 5.91 Å². The average Bonchev–Trinajstić information content (AvgIpc) is 3.23. The molecule has 0 aromatic heterocycles. The van der Waals surface area contributed by atoms with Gasteiger partial charge in [-0.25, -0.2) is 0 Å². The van der Waals surface area contributed by atoms with Gasteiger partial charge in [-0.15, -0.1) is 0 Å². The van der Waals surface area contributed by atoms with Crippen molar-refractivity contribution in [1.82, 2.24) is 9.80 Å². The third-order valence-electron chi connectivity index (χ3n) is 5.71. The summed E-state index contributed by atoms with van der Waals surface area (Å²) in [4.78, 5) is 17.1. The van der Waals surface area contributed by atoms with Gasteiger partial charge in [0.05, 0.1) is 6.54 Å². The third-order valence-corrected chi connectivity index (χ3v) is 5.71. The van der Waals surface area contributed by atoms with Gasteiger partial charge in [0.2, 0.25) is 12.7 Å². The summed E-state index contributed by atoms with van der Waals surface area (Å²) in [5, 5.41) is 5.34. The number of anilines is 1. The summed E-state index contributed by atoms with van der Waals surface area (Å²) >= 11 is 0. The zero-order valence-electron chi connectivity index (χ0n) is 16.8. The lowest BCUT2D eigenvalue weighted by Crippen LogP contribution is -2.48. The molecular formula is C24H25N3O3. The number of ether oxygens (including phenoxy) is 2. The Kier molecular flexibility index (Phi) is 5.26. The van der Waals surface area contributed by atoms with Crippen LogP contribution >= 0.6 is 0 Å². The maximum Gasteiger partial charge on any atom is 0.238 e. The SMILES string of the molecule is O=C(CN1CCN(Cc2ccc3c(c2)OCO3)CC1)Nc1ccc2ccccc2c1. The van der Waals surface area contributed by atoms with Crippen molar-refractivity contribution >= 4 is 22.4 Å². The van der Waals surface area contributed by atoms with E-state index in [4.69, 9.17) is 9.47 Å². The second-order valence-corrected chi connectivity index (χ2v) is 7.85. The van der Waals surface area contributed by atoms with Gasteiger partial charge in [0.1, 0.15) is 0 Å². The van der Waals surface area contributed by atoms with Crippen LogP contribution in [0.1, 0.15) is 5.56 Å². The molecule has 1 saturated heterocycles. The molecule has 0 spiro atoms. The monoisotopic (exact) mass is 403 g/mol. The van der Waals surface area contributed by atoms with E-state index in [9.17, 15) is 4.79 Å². The number of carbonyl (C=O) groups is 1. The molecule has 1 N–H and O–H groups in total. The Morgan fingerprint density at radius 1 is 0.833 bits per heavy atom. The van der Waals surface area contributed by atoms with E-state index in [1.54, 1.807) is 0 Å². The van der Waals surface area contributed by atoms with Crippen molar-refractivity contribution in [3.63, 3.8) is 0 Å². The smallest absolute Gasteiger partial charge is 0.238 e. The summed E-state index contributed by atoms with van der Waals surface area (Å²) < 4.78 is 10.8. The van der Waals surface area contributed by atoms with Crippen molar-refractivity contribution in [3.05, 3.63) is 66.2 Å². The highest BCUT2D eigenvalue weighted by Gasteiger charge is 2.20. The summed E-state index contributed by atoms with van der Waals surface area (Å²) in [5.41, 5.74) is 2.07. The second-order valence-electron chi connectivity index (χ2n) is 7.85. The van der Waals surface area contributed by atoms with Crippen LogP contribution in [0.2, 0.25) is 0 Å². The van der Waals surface area contributed by atoms with E-state index < -0.39 is 0 Å². The van der Waals surface area contributed by atoms with Crippen molar-refractivity contribution in [2.45, 2.75) is 6.54 Å². The Hall–Kier alpha value is -3.09. The van der Waals surface area contributed by atoms with E-state index in [1.807, 2.05) is 36.4 Å². The van der Waals surface area contributed by atoms with Crippen LogP contribution in [-0.4, -0.2) is 55.2 Å². The summed E-state index contributed by atoms with van der Waals surface area (Å²) in [7, 11) is 0. The Bertz CT molecular complexity index is 1060. The number of carbonyl (C=O) groups excluding carboxylic acids is 1. The maximum absolute atomic E-state index is 12.5. The summed E-state index contributed by atoms with van der Waals surface area (Å²) in [6, 6.07) is 20.3. The number of piperazine rings is 1. The maximum atomic E-state index is 12.5. The van der Waals surface area contributed by atoms with Crippen LogP contribution in [0, 0.1) is 0 Å². The molecule has 3 aromatic carbocycles. The van der Waals surface area contributed by atoms with Gasteiger partial charge in [0, 0.05) is 38.4 Å². The van der Waals surface area contributed by atoms with E-state index in [0.29, 0.717) is 13.3 Å². The van der Waals surface area contributed by atoms with Crippen LogP contribution in [0.25, 0.3) is 10.8 Å². The molecule has 6 nitrogen and oxygen atoms in total. The highest BCUT2D eigenvalue weighted by atomic mass is 16.7. The molecule has 6 heteroatoms. The minimum absolute atomic E-state index is 0.0366. The number of nitrogens with one attached hydrogen (secondary N) is 1. The average molecular weight is 403 g/mol. The Labute approximate surface area is 176 Å². The quantitative estimate of drug-likeness (QED) is 0.708. The number of hydrogen-bond donors (Lipinski definition) is 1. The van der Waals surface area contributed by atoms with Crippen molar-refractivity contribution in [1.29, 1.82) is 0 Å². The van der Waals surface area contributed by atoms with Gasteiger partial charge in [-0.1, -0.05) is 36.4 Å². The fraction of sp³-hybridized carbons (Fsp3) is 0.292. The molecule has 30 heavy (non-hydrogen) atoms. The Balaban J connectivity index is 1.11. The second kappa shape index (κ2) is 8.34. The molecule has 5 rings (SSSR count). The summed E-state index contributed by atoms with van der Waals surface area (Å²) in [5.74, 6) is 1.69. The molecule has 0 atom stereocenters. The predicted octanol–water partition coefficient (Wildman–Crippen LogP) is 3.32. The molecule has 2 heterocycles. The number of nitrogens with zero attached hydrogens (tertiary/aromatic N) is 2. The topological polar surface area (TPSA) is 54.0 Å². The first-order valence-corrected chi connectivity index (χ1v) is 10.3. The minimum atomic E-state index is 0.0366. The molecule has 3 aromatic rings. The van der Waals surface area contributed by atoms with Crippen LogP contribution in [0.4, 0.5) is 5.69 Å². The van der Waals surface area contributed by atoms with Crippen LogP contribution < -0.4 is 14.8 Å². The highest BCUT2D eigenvalue weighted by molar-refractivity contribution is 5.95. The number of amides is 1. The van der Waals surface area contributed by atoms with Crippen LogP contribution in [-0.2, 0) is 11.3 Å². The Morgan fingerprint density at radius 2 is 1.60 bits per heavy atom. The minimum Gasteiger partial charge on any atom is -0.454 e. The number of hydrogen-bond acceptors (Lipinski definition) is 5. The largest absolute Gasteiger partial charge is 0.454 e. The van der Waals surface area contributed by atoms with Gasteiger partial charge < -0.3 is 14.8 Å². The normalized spacial score (nSPS) is 16.7. The van der Waals surface area contributed by atoms with Crippen molar-refractivity contribution in [2.24, 2.45) is 0 Å². The number of fused-ring (bicyclic) bond motifs is 2. The van der Waals surface area contributed by atoms with E-state index in [0.717, 1.165) is 55.3 Å². The fourth-order valence-corrected chi connectivity index (χ4v) is 4.07. The van der Waals surface area contributed by atoms with Gasteiger partial charge in [0.25, 0.3) is 0 Å². The van der Waals surface area contributed by atoms with Crippen molar-refractivity contribution in [2.75, 3.05) is 44.8 Å². The molecule has 2 aliphatic heterocycles. The van der Waals surface area contributed by atoms with Gasteiger partial charge in [0.15, 0.2) is 11.5 Å². The molecule has 154 valence electrons. The number of benzene rings is 3. The predicted molar refractivity (Wildman–Crippen MR) is 117 cm³/mol. The molecule has 0 saturated carbocycles. The first-order valence-electron chi connectivity index (χ1n) is 10.3. The lowest BCUT2D eigenvalue weighted by molar-refractivity contribution is -0.117. The first-order chi connectivity index (χ1) is 14.7. The molecule has 0 aliphatic carbocycles. The van der Waals surface area contributed by atoms with Gasteiger partial charge in [-0.3, -0.25) is 14.6 Å². The molecule has 0 radical (unpaired) electrons. The molecule has 0 bridgehead atoms. The van der Waals surface area contributed by atoms with Gasteiger partial charge in [-0.05, 0) is 40.6 Å². The van der Waals surface area contributed by atoms with Crippen molar-refractivity contribution < 1.29 is 14.3 Å². The highest BCUT2D eigenvalue weighted by Crippen LogP contribution is 2.32. The molecule has 1 fully saturated rings. The van der Waals surface area contributed by atoms with Crippen LogP contribution in [0.5, 0.6) is 11.5 Å². The zero-order chi connectivity index (χ0) is 20.3. The first kappa shape index (κ1) is 18.9. The van der Waals surface area contributed by atoms with E-state index >= 15 is 0 Å². The fourth-order valence-electron chi connectivity index (χ4n) is 4.07. The summed E-state index contributed by atoms with van der Waals surface area (Å²) in [6.07, 6.45) is 0. The Morgan fingerprint density at radius 3 is 2.47 bits per heavy atom. The molecule has 1 amide bonds. The van der Waals surface area contributed by atoms with Gasteiger partial charge in [-0.2, -0.15) is 0 Å². The number of rotatable bonds is 5. The van der Waals surface area contributed by atoms with Crippen LogP contribution in [0.3, 0.4) is 0 Å². The van der Waals surface area contributed by atoms with E-state index in [2.05, 4.69) is 39.4 Å². The lowest BCUT2D eigenvalue weighted by atomic mass is 10.1. The van der Waals surface area contributed by atoms with Gasteiger partial charge >= 0.3 is 0 Å². The van der Waals surface area contributed by atoms with Crippen LogP contribution in [0.15, 0.2) is 60.7 Å². The summed E-state index contributed by atoms with van der Waals surface area (Å²) in [6.45, 7) is 5.26. The standard InChI is InChI=1S/C24H25N3O3/c28-24(25-21-7-6-19-3-1-2-4-20(19)14-21)16-27-11-9-26(10-12-27)15-18-5-8-22-23(13-18)30-17-29-22/h1-8,13-14H,9-12,15-17H2,(H,25,28). The zero-order valence-corrected chi connectivity index (χ0v) is 16.8. The van der Waals surface area contributed by atoms with E-state index in [1.165, 1.54) is 10.9 Å². The third kappa shape index (κ3) is 4.25. The molecular weight excluding hydrogens is 378 g/mol. The lowest BCUT2D eigenvalue weighted by Gasteiger charge is -2.34. The van der Waals surface area contributed by atoms with Crippen molar-refractivity contribution in [3.8, 4) is 11.5 Å². The molecule has 0 unspecified atom stereocenters. The molecule has 2 aliphatic rings.